The van der Waals surface area contributed by atoms with Crippen LogP contribution in [0.4, 0.5) is 0 Å². The third kappa shape index (κ3) is 13.3. The molecule has 2 N–H and O–H groups in total. The first kappa shape index (κ1) is 27.1. The molecule has 0 radical (unpaired) electrons. The lowest BCUT2D eigenvalue weighted by Gasteiger charge is -2.23. The van der Waals surface area contributed by atoms with E-state index in [9.17, 15) is 19.3 Å². The third-order valence-electron chi connectivity index (χ3n) is 4.57. The number of hydrogen-bond donors (Lipinski definition) is 2. The number of hydrogen-bond acceptors (Lipinski definition) is 5. The average Bonchev–Trinajstić information content (AvgIpc) is 2.64. The summed E-state index contributed by atoms with van der Waals surface area (Å²) >= 11 is 0. The van der Waals surface area contributed by atoms with E-state index in [1.54, 1.807) is 0 Å². The molecule has 166 valence electrons. The summed E-state index contributed by atoms with van der Waals surface area (Å²) in [5, 5.41) is 18.3. The molecule has 0 saturated carbocycles. The summed E-state index contributed by atoms with van der Waals surface area (Å²) in [6.45, 7) is 4.50. The summed E-state index contributed by atoms with van der Waals surface area (Å²) in [5.74, 6) is -2.80. The van der Waals surface area contributed by atoms with Gasteiger partial charge in [0, 0.05) is 0 Å². The molecule has 0 aliphatic rings. The lowest BCUT2D eigenvalue weighted by atomic mass is 10.1. The van der Waals surface area contributed by atoms with E-state index in [1.165, 1.54) is 12.8 Å². The molecule has 0 saturated heterocycles. The van der Waals surface area contributed by atoms with Gasteiger partial charge in [-0.25, -0.2) is 0 Å². The lowest BCUT2D eigenvalue weighted by Crippen LogP contribution is -2.26. The van der Waals surface area contributed by atoms with Crippen molar-refractivity contribution in [3.05, 3.63) is 0 Å². The molecule has 0 spiro atoms. The van der Waals surface area contributed by atoms with Gasteiger partial charge >= 0.3 is 19.5 Å². The van der Waals surface area contributed by atoms with Gasteiger partial charge in [-0.1, -0.05) is 78.1 Å². The molecule has 1 unspecified atom stereocenters. The van der Waals surface area contributed by atoms with Gasteiger partial charge in [0.1, 0.15) is 0 Å². The fourth-order valence-corrected chi connectivity index (χ4v) is 4.72. The van der Waals surface area contributed by atoms with Gasteiger partial charge in [0.2, 0.25) is 0 Å². The smallest absolute Gasteiger partial charge is 0.345 e. The normalized spacial score (nSPS) is 12.8. The minimum absolute atomic E-state index is 0.114. The van der Waals surface area contributed by atoms with Crippen molar-refractivity contribution >= 4 is 19.5 Å². The molecular formula is C20H39O7P. The van der Waals surface area contributed by atoms with Gasteiger partial charge in [0.25, 0.3) is 0 Å². The van der Waals surface area contributed by atoms with Crippen molar-refractivity contribution in [2.75, 3.05) is 13.2 Å². The van der Waals surface area contributed by atoms with Crippen molar-refractivity contribution in [1.29, 1.82) is 0 Å². The van der Waals surface area contributed by atoms with Gasteiger partial charge < -0.3 is 19.3 Å². The molecule has 1 atom stereocenters. The number of carboxylic acids is 2. The van der Waals surface area contributed by atoms with E-state index in [0.29, 0.717) is 12.8 Å². The monoisotopic (exact) mass is 422 g/mol. The third-order valence-corrected chi connectivity index (χ3v) is 6.82. The molecule has 0 rings (SSSR count). The lowest BCUT2D eigenvalue weighted by molar-refractivity contribution is -0.143. The number of carbonyl (C=O) groups is 2. The Morgan fingerprint density at radius 1 is 0.750 bits per heavy atom. The summed E-state index contributed by atoms with van der Waals surface area (Å²) in [7, 11) is -4.04. The largest absolute Gasteiger partial charge is 0.481 e. The van der Waals surface area contributed by atoms with Crippen molar-refractivity contribution < 1.29 is 33.4 Å². The van der Waals surface area contributed by atoms with Gasteiger partial charge in [-0.05, 0) is 12.8 Å². The molecule has 28 heavy (non-hydrogen) atoms. The summed E-state index contributed by atoms with van der Waals surface area (Å²) < 4.78 is 23.9. The molecule has 8 heteroatoms. The molecular weight excluding hydrogens is 383 g/mol. The van der Waals surface area contributed by atoms with E-state index in [-0.39, 0.29) is 13.2 Å². The second kappa shape index (κ2) is 17.0. The summed E-state index contributed by atoms with van der Waals surface area (Å²) in [4.78, 5) is 22.5. The molecule has 0 bridgehead atoms. The molecule has 0 aromatic carbocycles. The van der Waals surface area contributed by atoms with Crippen LogP contribution in [0, 0.1) is 0 Å². The Morgan fingerprint density at radius 2 is 1.14 bits per heavy atom. The fraction of sp³-hybridized carbons (Fsp3) is 0.900. The molecule has 0 fully saturated rings. The molecule has 0 aromatic heterocycles. The fourth-order valence-electron chi connectivity index (χ4n) is 2.87. The summed E-state index contributed by atoms with van der Waals surface area (Å²) in [5.41, 5.74) is -1.68. The van der Waals surface area contributed by atoms with E-state index in [2.05, 4.69) is 13.8 Å². The van der Waals surface area contributed by atoms with E-state index < -0.39 is 31.6 Å². The van der Waals surface area contributed by atoms with Crippen molar-refractivity contribution in [1.82, 2.24) is 0 Å². The van der Waals surface area contributed by atoms with Crippen molar-refractivity contribution in [2.24, 2.45) is 0 Å². The van der Waals surface area contributed by atoms with Crippen molar-refractivity contribution in [3.8, 4) is 0 Å². The van der Waals surface area contributed by atoms with Crippen molar-refractivity contribution in [2.45, 2.75) is 103 Å². The highest BCUT2D eigenvalue weighted by Gasteiger charge is 2.43. The molecule has 0 aromatic rings. The van der Waals surface area contributed by atoms with Crippen LogP contribution in [0.2, 0.25) is 0 Å². The van der Waals surface area contributed by atoms with Crippen LogP contribution in [0.1, 0.15) is 97.3 Å². The quantitative estimate of drug-likeness (QED) is 0.187. The SMILES string of the molecule is CCCCCCCCOP(=O)(OCCCCCCCC)C(CC(=O)O)C(=O)O. The van der Waals surface area contributed by atoms with Gasteiger partial charge in [-0.3, -0.25) is 14.2 Å². The van der Waals surface area contributed by atoms with Gasteiger partial charge in [-0.15, -0.1) is 0 Å². The maximum Gasteiger partial charge on any atom is 0.345 e. The first-order valence-electron chi connectivity index (χ1n) is 10.7. The van der Waals surface area contributed by atoms with E-state index in [1.807, 2.05) is 0 Å². The maximum absolute atomic E-state index is 13.1. The van der Waals surface area contributed by atoms with Crippen LogP contribution >= 0.6 is 7.60 Å². The minimum Gasteiger partial charge on any atom is -0.481 e. The van der Waals surface area contributed by atoms with Crippen molar-refractivity contribution in [3.63, 3.8) is 0 Å². The number of unbranched alkanes of at least 4 members (excludes halogenated alkanes) is 10. The zero-order chi connectivity index (χ0) is 21.3. The van der Waals surface area contributed by atoms with E-state index in [0.717, 1.165) is 51.4 Å². The Hall–Kier alpha value is -0.910. The summed E-state index contributed by atoms with van der Waals surface area (Å²) in [6, 6.07) is 0. The highest BCUT2D eigenvalue weighted by Crippen LogP contribution is 2.54. The van der Waals surface area contributed by atoms with Crippen LogP contribution in [0.15, 0.2) is 0 Å². The van der Waals surface area contributed by atoms with E-state index >= 15 is 0 Å². The molecule has 0 aliphatic carbocycles. The standard InChI is InChI=1S/C20H39O7P/c1-3-5-7-9-11-13-15-26-28(25,18(20(23)24)17-19(21)22)27-16-14-12-10-8-6-4-2/h18H,3-17H2,1-2H3,(H,21,22)(H,23,24). The predicted octanol–water partition coefficient (Wildman–Crippen LogP) is 5.86. The van der Waals surface area contributed by atoms with Crippen LogP contribution < -0.4 is 0 Å². The Kier molecular flexibility index (Phi) is 16.4. The maximum atomic E-state index is 13.1. The molecule has 7 nitrogen and oxygen atoms in total. The number of rotatable bonds is 20. The summed E-state index contributed by atoms with van der Waals surface area (Å²) in [6.07, 6.45) is 11.3. The highest BCUT2D eigenvalue weighted by molar-refractivity contribution is 7.55. The van der Waals surface area contributed by atoms with Crippen LogP contribution in [0.25, 0.3) is 0 Å². The second-order valence-corrected chi connectivity index (χ2v) is 9.41. The van der Waals surface area contributed by atoms with Crippen LogP contribution in [0.3, 0.4) is 0 Å². The van der Waals surface area contributed by atoms with Crippen LogP contribution in [-0.4, -0.2) is 41.0 Å². The zero-order valence-electron chi connectivity index (χ0n) is 17.6. The zero-order valence-corrected chi connectivity index (χ0v) is 18.5. The molecule has 0 heterocycles. The first-order chi connectivity index (χ1) is 13.4. The molecule has 0 amide bonds. The average molecular weight is 422 g/mol. The van der Waals surface area contributed by atoms with Gasteiger partial charge in [-0.2, -0.15) is 0 Å². The van der Waals surface area contributed by atoms with Gasteiger partial charge in [0.15, 0.2) is 5.66 Å². The number of carboxylic acid groups (broad SMARTS) is 2. The highest BCUT2D eigenvalue weighted by atomic mass is 31.2. The molecule has 0 aliphatic heterocycles. The Balaban J connectivity index is 4.60. The van der Waals surface area contributed by atoms with Crippen LogP contribution in [0.5, 0.6) is 0 Å². The Morgan fingerprint density at radius 3 is 1.50 bits per heavy atom. The topological polar surface area (TPSA) is 110 Å². The Labute approximate surface area is 169 Å². The first-order valence-corrected chi connectivity index (χ1v) is 12.3. The number of aliphatic carboxylic acids is 2. The van der Waals surface area contributed by atoms with Gasteiger partial charge in [0.05, 0.1) is 19.6 Å². The minimum atomic E-state index is -4.04. The Bertz CT molecular complexity index is 445. The predicted molar refractivity (Wildman–Crippen MR) is 110 cm³/mol. The second-order valence-electron chi connectivity index (χ2n) is 7.19. The van der Waals surface area contributed by atoms with E-state index in [4.69, 9.17) is 14.2 Å². The van der Waals surface area contributed by atoms with Crippen LogP contribution in [-0.2, 0) is 23.2 Å².